The fraction of sp³-hybridized carbons (Fsp3) is 0.0800. The molecule has 3 aromatic carbocycles. The van der Waals surface area contributed by atoms with Gasteiger partial charge in [-0.3, -0.25) is 4.98 Å². The average molecular weight is 346 g/mol. The van der Waals surface area contributed by atoms with Crippen molar-refractivity contribution in [3.05, 3.63) is 84.1 Å². The van der Waals surface area contributed by atoms with E-state index in [1.807, 2.05) is 0 Å². The number of pyridine rings is 2. The second kappa shape index (κ2) is 5.08. The van der Waals surface area contributed by atoms with E-state index in [2.05, 4.69) is 91.0 Å². The maximum atomic E-state index is 4.86. The Bertz CT molecular complexity index is 1540. The van der Waals surface area contributed by atoms with Crippen LogP contribution in [0.25, 0.3) is 49.0 Å². The van der Waals surface area contributed by atoms with Gasteiger partial charge in [-0.15, -0.1) is 0 Å². The van der Waals surface area contributed by atoms with Gasteiger partial charge >= 0.3 is 0 Å². The predicted molar refractivity (Wildman–Crippen MR) is 115 cm³/mol. The van der Waals surface area contributed by atoms with Crippen LogP contribution in [0.3, 0.4) is 0 Å². The molecule has 0 unspecified atom stereocenters. The number of nitrogens with zero attached hydrogens (tertiary/aromatic N) is 2. The van der Waals surface area contributed by atoms with Gasteiger partial charge < -0.3 is 4.40 Å². The lowest BCUT2D eigenvalue weighted by atomic mass is 10.0. The highest BCUT2D eigenvalue weighted by atomic mass is 14.9. The molecule has 0 bridgehead atoms. The van der Waals surface area contributed by atoms with Crippen molar-refractivity contribution >= 4 is 49.0 Å². The summed E-state index contributed by atoms with van der Waals surface area (Å²) in [4.78, 5) is 4.86. The summed E-state index contributed by atoms with van der Waals surface area (Å²) in [5.74, 6) is 0. The molecular weight excluding hydrogens is 328 g/mol. The van der Waals surface area contributed by atoms with Gasteiger partial charge in [-0.25, -0.2) is 0 Å². The summed E-state index contributed by atoms with van der Waals surface area (Å²) in [5, 5.41) is 6.33. The molecule has 2 nitrogen and oxygen atoms in total. The van der Waals surface area contributed by atoms with E-state index in [1.54, 1.807) is 0 Å². The van der Waals surface area contributed by atoms with Gasteiger partial charge in [-0.2, -0.15) is 0 Å². The lowest BCUT2D eigenvalue weighted by Crippen LogP contribution is -1.93. The minimum Gasteiger partial charge on any atom is -0.308 e. The van der Waals surface area contributed by atoms with Crippen LogP contribution in [0.5, 0.6) is 0 Å². The monoisotopic (exact) mass is 346 g/mol. The lowest BCUT2D eigenvalue weighted by Gasteiger charge is -2.11. The van der Waals surface area contributed by atoms with Gasteiger partial charge in [0.25, 0.3) is 0 Å². The Hall–Kier alpha value is -3.39. The molecule has 0 aliphatic rings. The Labute approximate surface area is 156 Å². The van der Waals surface area contributed by atoms with E-state index < -0.39 is 0 Å². The molecule has 0 aliphatic carbocycles. The summed E-state index contributed by atoms with van der Waals surface area (Å²) in [6.07, 6.45) is 0. The molecule has 0 aliphatic heterocycles. The largest absolute Gasteiger partial charge is 0.308 e. The van der Waals surface area contributed by atoms with Crippen LogP contribution in [0.15, 0.2) is 72.8 Å². The van der Waals surface area contributed by atoms with Crippen molar-refractivity contribution in [2.24, 2.45) is 0 Å². The smallest absolute Gasteiger partial charge is 0.0726 e. The molecule has 0 saturated heterocycles. The lowest BCUT2D eigenvalue weighted by molar-refractivity contribution is 1.28. The van der Waals surface area contributed by atoms with Gasteiger partial charge in [0.1, 0.15) is 0 Å². The van der Waals surface area contributed by atoms with Gasteiger partial charge in [0.15, 0.2) is 0 Å². The normalized spacial score (nSPS) is 12.1. The first-order valence-corrected chi connectivity index (χ1v) is 9.34. The molecule has 6 rings (SSSR count). The first kappa shape index (κ1) is 14.7. The molecule has 6 aromatic rings. The fourth-order valence-electron chi connectivity index (χ4n) is 4.51. The molecule has 3 heterocycles. The number of hydrogen-bond donors (Lipinski definition) is 0. The highest BCUT2D eigenvalue weighted by Crippen LogP contribution is 2.37. The van der Waals surface area contributed by atoms with Gasteiger partial charge in [-0.1, -0.05) is 60.2 Å². The second-order valence-corrected chi connectivity index (χ2v) is 7.41. The van der Waals surface area contributed by atoms with Crippen LogP contribution in [-0.4, -0.2) is 9.38 Å². The SMILES string of the molecule is Cc1ccc2c(c1)c1ccccc1n1c2cc2c(C)nc3ccccc3c21. The van der Waals surface area contributed by atoms with E-state index in [0.29, 0.717) is 0 Å². The Kier molecular flexibility index (Phi) is 2.77. The van der Waals surface area contributed by atoms with Crippen molar-refractivity contribution in [2.75, 3.05) is 0 Å². The zero-order chi connectivity index (χ0) is 18.1. The third kappa shape index (κ3) is 1.87. The number of para-hydroxylation sites is 2. The predicted octanol–water partition coefficient (Wildman–Crippen LogP) is 6.56. The third-order valence-electron chi connectivity index (χ3n) is 5.72. The van der Waals surface area contributed by atoms with Crippen LogP contribution in [0.4, 0.5) is 0 Å². The van der Waals surface area contributed by atoms with Crippen LogP contribution in [0, 0.1) is 13.8 Å². The summed E-state index contributed by atoms with van der Waals surface area (Å²) >= 11 is 0. The fourth-order valence-corrected chi connectivity index (χ4v) is 4.51. The highest BCUT2D eigenvalue weighted by Gasteiger charge is 2.16. The molecule has 0 spiro atoms. The summed E-state index contributed by atoms with van der Waals surface area (Å²) in [7, 11) is 0. The quantitative estimate of drug-likeness (QED) is 0.285. The second-order valence-electron chi connectivity index (χ2n) is 7.41. The topological polar surface area (TPSA) is 17.3 Å². The third-order valence-corrected chi connectivity index (χ3v) is 5.72. The zero-order valence-electron chi connectivity index (χ0n) is 15.3. The molecule has 2 heteroatoms. The van der Waals surface area contributed by atoms with E-state index in [9.17, 15) is 0 Å². The Morgan fingerprint density at radius 1 is 0.630 bits per heavy atom. The van der Waals surface area contributed by atoms with Crippen LogP contribution in [-0.2, 0) is 0 Å². The number of aromatic nitrogens is 2. The molecule has 0 atom stereocenters. The van der Waals surface area contributed by atoms with Crippen molar-refractivity contribution < 1.29 is 0 Å². The molecule has 27 heavy (non-hydrogen) atoms. The van der Waals surface area contributed by atoms with Crippen LogP contribution in [0.2, 0.25) is 0 Å². The number of benzene rings is 3. The summed E-state index contributed by atoms with van der Waals surface area (Å²) in [5.41, 5.74) is 7.17. The van der Waals surface area contributed by atoms with E-state index >= 15 is 0 Å². The van der Waals surface area contributed by atoms with Crippen molar-refractivity contribution in [1.82, 2.24) is 9.38 Å². The van der Waals surface area contributed by atoms with Gasteiger partial charge in [0.2, 0.25) is 0 Å². The van der Waals surface area contributed by atoms with Crippen molar-refractivity contribution in [1.29, 1.82) is 0 Å². The van der Waals surface area contributed by atoms with Gasteiger partial charge in [-0.05, 0) is 37.4 Å². The number of aryl methyl sites for hydroxylation is 2. The average Bonchev–Trinajstić information content (AvgIpc) is 3.10. The van der Waals surface area contributed by atoms with Crippen LogP contribution in [0.1, 0.15) is 11.3 Å². The highest BCUT2D eigenvalue weighted by molar-refractivity contribution is 6.18. The maximum Gasteiger partial charge on any atom is 0.0726 e. The number of hydrogen-bond acceptors (Lipinski definition) is 1. The minimum absolute atomic E-state index is 1.05. The number of rotatable bonds is 0. The van der Waals surface area contributed by atoms with E-state index in [4.69, 9.17) is 4.98 Å². The Balaban J connectivity index is 2.04. The Morgan fingerprint density at radius 3 is 2.26 bits per heavy atom. The molecule has 128 valence electrons. The molecule has 0 fully saturated rings. The Morgan fingerprint density at radius 2 is 1.37 bits per heavy atom. The molecule has 0 radical (unpaired) electrons. The summed E-state index contributed by atoms with van der Waals surface area (Å²) in [6, 6.07) is 26.3. The van der Waals surface area contributed by atoms with E-state index in [0.717, 1.165) is 11.2 Å². The molecular formula is C25H18N2. The van der Waals surface area contributed by atoms with E-state index in [1.165, 1.54) is 49.0 Å². The first-order chi connectivity index (χ1) is 13.2. The van der Waals surface area contributed by atoms with Crippen LogP contribution >= 0.6 is 0 Å². The maximum absolute atomic E-state index is 4.86. The minimum atomic E-state index is 1.05. The zero-order valence-corrected chi connectivity index (χ0v) is 15.3. The summed E-state index contributed by atoms with van der Waals surface area (Å²) in [6.45, 7) is 4.28. The van der Waals surface area contributed by atoms with E-state index in [-0.39, 0.29) is 0 Å². The molecule has 0 amide bonds. The standard InChI is InChI=1S/C25H18N2/c1-15-11-12-18-21(13-15)17-7-4-6-10-23(17)27-24(18)14-20-16(2)26-22-9-5-3-8-19(22)25(20)27/h3-14H,1-2H3. The number of fused-ring (bicyclic) bond motifs is 10. The van der Waals surface area contributed by atoms with Crippen molar-refractivity contribution in [3.8, 4) is 0 Å². The van der Waals surface area contributed by atoms with Crippen molar-refractivity contribution in [3.63, 3.8) is 0 Å². The molecule has 3 aromatic heterocycles. The molecule has 0 saturated carbocycles. The van der Waals surface area contributed by atoms with Crippen LogP contribution < -0.4 is 0 Å². The van der Waals surface area contributed by atoms with Gasteiger partial charge in [0.05, 0.1) is 22.1 Å². The van der Waals surface area contributed by atoms with Gasteiger partial charge in [0, 0.05) is 27.2 Å². The van der Waals surface area contributed by atoms with Crippen molar-refractivity contribution in [2.45, 2.75) is 13.8 Å². The first-order valence-electron chi connectivity index (χ1n) is 9.34. The summed E-state index contributed by atoms with van der Waals surface area (Å²) < 4.78 is 2.43. The molecule has 0 N–H and O–H groups in total.